The topological polar surface area (TPSA) is 71.5 Å². The number of fused-ring (bicyclic) bond motifs is 1. The molecule has 2 amide bonds. The zero-order valence-corrected chi connectivity index (χ0v) is 15.5. The first-order valence-electron chi connectivity index (χ1n) is 8.45. The number of anilines is 2. The molecule has 0 saturated heterocycles. The van der Waals surface area contributed by atoms with Crippen molar-refractivity contribution in [1.29, 1.82) is 0 Å². The summed E-state index contributed by atoms with van der Waals surface area (Å²) < 4.78 is 5.72. The zero-order valence-electron chi connectivity index (χ0n) is 14.6. The number of para-hydroxylation sites is 2. The van der Waals surface area contributed by atoms with Crippen LogP contribution in [0.2, 0.25) is 0 Å². The van der Waals surface area contributed by atoms with E-state index in [0.29, 0.717) is 22.1 Å². The number of nitrogens with one attached hydrogen (secondary N) is 1. The van der Waals surface area contributed by atoms with Crippen LogP contribution < -0.4 is 15.0 Å². The Morgan fingerprint density at radius 1 is 1.22 bits per heavy atom. The number of aryl methyl sites for hydroxylation is 1. The summed E-state index contributed by atoms with van der Waals surface area (Å²) in [7, 11) is 0. The average Bonchev–Trinajstić information content (AvgIpc) is 3.15. The summed E-state index contributed by atoms with van der Waals surface area (Å²) in [5.41, 5.74) is 2.77. The molecule has 4 rings (SSSR count). The number of rotatable bonds is 4. The van der Waals surface area contributed by atoms with E-state index in [0.717, 1.165) is 11.3 Å². The van der Waals surface area contributed by atoms with Gasteiger partial charge in [0.05, 0.1) is 11.4 Å². The molecular weight excluding hydrogens is 362 g/mol. The molecule has 2 aromatic carbocycles. The van der Waals surface area contributed by atoms with Crippen molar-refractivity contribution >= 4 is 34.5 Å². The molecule has 3 aromatic rings. The normalized spacial score (nSPS) is 13.1. The number of carbonyl (C=O) groups excluding carboxylic acids is 2. The maximum atomic E-state index is 12.9. The van der Waals surface area contributed by atoms with Gasteiger partial charge in [-0.2, -0.15) is 0 Å². The van der Waals surface area contributed by atoms with Gasteiger partial charge < -0.3 is 10.1 Å². The van der Waals surface area contributed by atoms with Gasteiger partial charge in [0.15, 0.2) is 0 Å². The predicted molar refractivity (Wildman–Crippen MR) is 104 cm³/mol. The second-order valence-corrected chi connectivity index (χ2v) is 7.13. The maximum absolute atomic E-state index is 12.9. The lowest BCUT2D eigenvalue weighted by Crippen LogP contribution is -2.42. The van der Waals surface area contributed by atoms with Crippen LogP contribution in [0, 0.1) is 6.92 Å². The SMILES string of the molecule is Cc1ccc(OCc2nc(C(=O)N3CC(=O)Nc4ccccc43)cs2)cc1. The number of hydrogen-bond acceptors (Lipinski definition) is 5. The molecule has 1 N–H and O–H groups in total. The summed E-state index contributed by atoms with van der Waals surface area (Å²) in [5.74, 6) is 0.237. The molecule has 0 spiro atoms. The second kappa shape index (κ2) is 7.20. The molecule has 0 saturated carbocycles. The highest BCUT2D eigenvalue weighted by molar-refractivity contribution is 7.09. The molecule has 1 aliphatic heterocycles. The number of ether oxygens (including phenoxy) is 1. The molecular formula is C20H17N3O3S. The highest BCUT2D eigenvalue weighted by atomic mass is 32.1. The lowest BCUT2D eigenvalue weighted by Gasteiger charge is -2.28. The van der Waals surface area contributed by atoms with Crippen LogP contribution in [0.4, 0.5) is 11.4 Å². The quantitative estimate of drug-likeness (QED) is 0.751. The van der Waals surface area contributed by atoms with E-state index >= 15 is 0 Å². The van der Waals surface area contributed by atoms with E-state index in [1.165, 1.54) is 16.2 Å². The number of nitrogens with zero attached hydrogens (tertiary/aromatic N) is 2. The molecule has 2 heterocycles. The van der Waals surface area contributed by atoms with Crippen LogP contribution in [0.25, 0.3) is 0 Å². The van der Waals surface area contributed by atoms with Crippen molar-refractivity contribution in [3.63, 3.8) is 0 Å². The van der Waals surface area contributed by atoms with Crippen molar-refractivity contribution in [2.45, 2.75) is 13.5 Å². The Bertz CT molecular complexity index is 998. The van der Waals surface area contributed by atoms with Crippen LogP contribution in [-0.2, 0) is 11.4 Å². The van der Waals surface area contributed by atoms with Gasteiger partial charge in [0.25, 0.3) is 5.91 Å². The number of hydrogen-bond donors (Lipinski definition) is 1. The van der Waals surface area contributed by atoms with E-state index < -0.39 is 0 Å². The van der Waals surface area contributed by atoms with Gasteiger partial charge >= 0.3 is 0 Å². The van der Waals surface area contributed by atoms with Crippen LogP contribution >= 0.6 is 11.3 Å². The van der Waals surface area contributed by atoms with E-state index in [4.69, 9.17) is 4.74 Å². The van der Waals surface area contributed by atoms with Crippen molar-refractivity contribution in [2.75, 3.05) is 16.8 Å². The molecule has 7 heteroatoms. The molecule has 1 aromatic heterocycles. The van der Waals surface area contributed by atoms with Gasteiger partial charge in [-0.25, -0.2) is 4.98 Å². The Labute approximate surface area is 160 Å². The van der Waals surface area contributed by atoms with E-state index in [2.05, 4.69) is 10.3 Å². The number of benzene rings is 2. The van der Waals surface area contributed by atoms with Gasteiger partial charge in [-0.1, -0.05) is 29.8 Å². The number of carbonyl (C=O) groups is 2. The monoisotopic (exact) mass is 379 g/mol. The Morgan fingerprint density at radius 3 is 2.81 bits per heavy atom. The minimum absolute atomic E-state index is 0.0252. The fourth-order valence-electron chi connectivity index (χ4n) is 2.81. The first kappa shape index (κ1) is 17.2. The average molecular weight is 379 g/mol. The second-order valence-electron chi connectivity index (χ2n) is 6.18. The van der Waals surface area contributed by atoms with Crippen molar-refractivity contribution in [1.82, 2.24) is 4.98 Å². The van der Waals surface area contributed by atoms with Gasteiger partial charge in [-0.15, -0.1) is 11.3 Å². The fourth-order valence-corrected chi connectivity index (χ4v) is 3.49. The Kier molecular flexibility index (Phi) is 4.60. The van der Waals surface area contributed by atoms with E-state index in [9.17, 15) is 9.59 Å². The number of thiazole rings is 1. The molecule has 0 atom stereocenters. The largest absolute Gasteiger partial charge is 0.486 e. The Balaban J connectivity index is 1.49. The van der Waals surface area contributed by atoms with Crippen molar-refractivity contribution in [3.05, 3.63) is 70.2 Å². The highest BCUT2D eigenvalue weighted by Crippen LogP contribution is 2.30. The van der Waals surface area contributed by atoms with Crippen LogP contribution in [0.3, 0.4) is 0 Å². The lowest BCUT2D eigenvalue weighted by atomic mass is 10.2. The smallest absolute Gasteiger partial charge is 0.278 e. The molecule has 0 aliphatic carbocycles. The van der Waals surface area contributed by atoms with Crippen molar-refractivity contribution < 1.29 is 14.3 Å². The van der Waals surface area contributed by atoms with Crippen LogP contribution in [-0.4, -0.2) is 23.3 Å². The summed E-state index contributed by atoms with van der Waals surface area (Å²) in [6.45, 7) is 2.28. The van der Waals surface area contributed by atoms with Gasteiger partial charge in [0, 0.05) is 5.38 Å². The molecule has 0 radical (unpaired) electrons. The maximum Gasteiger partial charge on any atom is 0.278 e. The predicted octanol–water partition coefficient (Wildman–Crippen LogP) is 3.63. The molecule has 6 nitrogen and oxygen atoms in total. The standard InChI is InChI=1S/C20H17N3O3S/c1-13-6-8-14(9-7-13)26-11-19-22-16(12-27-19)20(25)23-10-18(24)21-15-4-2-3-5-17(15)23/h2-9,12H,10-11H2,1H3,(H,21,24). The molecule has 1 aliphatic rings. The zero-order chi connectivity index (χ0) is 18.8. The van der Waals surface area contributed by atoms with E-state index in [-0.39, 0.29) is 25.0 Å². The Morgan fingerprint density at radius 2 is 2.00 bits per heavy atom. The first-order valence-corrected chi connectivity index (χ1v) is 9.33. The van der Waals surface area contributed by atoms with Crippen LogP contribution in [0.5, 0.6) is 5.75 Å². The third kappa shape index (κ3) is 3.68. The van der Waals surface area contributed by atoms with Crippen LogP contribution in [0.15, 0.2) is 53.9 Å². The Hall–Kier alpha value is -3.19. The van der Waals surface area contributed by atoms with Gasteiger partial charge in [0.2, 0.25) is 5.91 Å². The minimum Gasteiger partial charge on any atom is -0.486 e. The number of aromatic nitrogens is 1. The lowest BCUT2D eigenvalue weighted by molar-refractivity contribution is -0.115. The molecule has 0 unspecified atom stereocenters. The molecule has 27 heavy (non-hydrogen) atoms. The summed E-state index contributed by atoms with van der Waals surface area (Å²) in [6, 6.07) is 15.0. The van der Waals surface area contributed by atoms with Crippen LogP contribution in [0.1, 0.15) is 21.1 Å². The van der Waals surface area contributed by atoms with E-state index in [1.807, 2.05) is 43.3 Å². The van der Waals surface area contributed by atoms with Gasteiger partial charge in [-0.3, -0.25) is 14.5 Å². The van der Waals surface area contributed by atoms with E-state index in [1.54, 1.807) is 17.5 Å². The minimum atomic E-state index is -0.296. The summed E-state index contributed by atoms with van der Waals surface area (Å²) >= 11 is 1.36. The molecule has 136 valence electrons. The fraction of sp³-hybridized carbons (Fsp3) is 0.150. The molecule has 0 fully saturated rings. The van der Waals surface area contributed by atoms with Gasteiger partial charge in [-0.05, 0) is 31.2 Å². The summed E-state index contributed by atoms with van der Waals surface area (Å²) in [5, 5.41) is 5.18. The first-order chi connectivity index (χ1) is 13.1. The highest BCUT2D eigenvalue weighted by Gasteiger charge is 2.28. The summed E-state index contributed by atoms with van der Waals surface area (Å²) in [4.78, 5) is 30.6. The van der Waals surface area contributed by atoms with Gasteiger partial charge in [0.1, 0.15) is 29.6 Å². The summed E-state index contributed by atoms with van der Waals surface area (Å²) in [6.07, 6.45) is 0. The van der Waals surface area contributed by atoms with Crippen molar-refractivity contribution in [3.8, 4) is 5.75 Å². The van der Waals surface area contributed by atoms with Crippen molar-refractivity contribution in [2.24, 2.45) is 0 Å². The number of amides is 2. The third-order valence-corrected chi connectivity index (χ3v) is 4.99. The third-order valence-electron chi connectivity index (χ3n) is 4.17. The molecule has 0 bridgehead atoms.